The van der Waals surface area contributed by atoms with Crippen molar-refractivity contribution in [3.8, 4) is 0 Å². The van der Waals surface area contributed by atoms with Crippen molar-refractivity contribution in [1.82, 2.24) is 4.98 Å². The van der Waals surface area contributed by atoms with E-state index in [9.17, 15) is 5.11 Å². The molecule has 0 saturated carbocycles. The molecular weight excluding hydrogens is 290 g/mol. The summed E-state index contributed by atoms with van der Waals surface area (Å²) >= 11 is 3.34. The summed E-state index contributed by atoms with van der Waals surface area (Å²) in [5.41, 5.74) is 0.782. The predicted octanol–water partition coefficient (Wildman–Crippen LogP) is 5.02. The van der Waals surface area contributed by atoms with Crippen LogP contribution in [0.1, 0.15) is 70.1 Å². The summed E-state index contributed by atoms with van der Waals surface area (Å²) in [6.07, 6.45) is 11.1. The molecule has 0 bridgehead atoms. The van der Waals surface area contributed by atoms with Gasteiger partial charge in [0, 0.05) is 10.7 Å². The molecule has 18 heavy (non-hydrogen) atoms. The van der Waals surface area contributed by atoms with Crippen molar-refractivity contribution in [2.45, 2.75) is 64.4 Å². The average molecular weight is 314 g/mol. The van der Waals surface area contributed by atoms with Crippen molar-refractivity contribution in [2.75, 3.05) is 0 Å². The van der Waals surface area contributed by atoms with Crippen LogP contribution in [0, 0.1) is 0 Å². The second-order valence-electron chi connectivity index (χ2n) is 4.83. The second-order valence-corrected chi connectivity index (χ2v) is 5.74. The van der Waals surface area contributed by atoms with E-state index in [2.05, 4.69) is 27.8 Å². The molecule has 0 radical (unpaired) electrons. The second kappa shape index (κ2) is 9.51. The number of nitrogens with zero attached hydrogens (tertiary/aromatic N) is 1. The normalized spacial score (nSPS) is 12.6. The summed E-state index contributed by atoms with van der Waals surface area (Å²) in [5, 5.41) is 9.97. The number of aromatic nitrogens is 1. The van der Waals surface area contributed by atoms with Crippen molar-refractivity contribution < 1.29 is 5.11 Å². The fraction of sp³-hybridized carbons (Fsp3) is 0.667. The van der Waals surface area contributed by atoms with Gasteiger partial charge in [0.05, 0.1) is 11.8 Å². The molecule has 1 rings (SSSR count). The summed E-state index contributed by atoms with van der Waals surface area (Å²) in [4.78, 5) is 4.22. The molecule has 0 saturated heterocycles. The highest BCUT2D eigenvalue weighted by Gasteiger charge is 2.08. The molecule has 1 N–H and O–H groups in total. The van der Waals surface area contributed by atoms with Gasteiger partial charge in [-0.3, -0.25) is 4.98 Å². The Balaban J connectivity index is 2.10. The minimum Gasteiger partial charge on any atom is -0.387 e. The Bertz CT molecular complexity index is 313. The summed E-state index contributed by atoms with van der Waals surface area (Å²) < 4.78 is 0.953. The third kappa shape index (κ3) is 6.50. The number of pyridine rings is 1. The third-order valence-electron chi connectivity index (χ3n) is 3.17. The van der Waals surface area contributed by atoms with Gasteiger partial charge >= 0.3 is 0 Å². The van der Waals surface area contributed by atoms with Gasteiger partial charge in [-0.25, -0.2) is 0 Å². The van der Waals surface area contributed by atoms with Gasteiger partial charge in [-0.2, -0.15) is 0 Å². The van der Waals surface area contributed by atoms with Gasteiger partial charge in [-0.15, -0.1) is 0 Å². The fourth-order valence-corrected chi connectivity index (χ4v) is 2.26. The Morgan fingerprint density at radius 2 is 1.78 bits per heavy atom. The van der Waals surface area contributed by atoms with Gasteiger partial charge < -0.3 is 5.11 Å². The Morgan fingerprint density at radius 3 is 2.39 bits per heavy atom. The molecule has 1 aromatic rings. The third-order valence-corrected chi connectivity index (χ3v) is 3.64. The SMILES string of the molecule is CCCCCCCCCC(O)c1ccc(Br)cn1. The molecule has 1 heterocycles. The first-order valence-corrected chi connectivity index (χ1v) is 7.83. The molecular formula is C15H24BrNO. The van der Waals surface area contributed by atoms with Crippen LogP contribution in [0.2, 0.25) is 0 Å². The maximum Gasteiger partial charge on any atom is 0.0959 e. The zero-order valence-corrected chi connectivity index (χ0v) is 12.8. The Hall–Kier alpha value is -0.410. The van der Waals surface area contributed by atoms with Crippen LogP contribution in [0.5, 0.6) is 0 Å². The molecule has 1 atom stereocenters. The lowest BCUT2D eigenvalue weighted by Gasteiger charge is -2.09. The minimum atomic E-state index is -0.409. The van der Waals surface area contributed by atoms with E-state index in [-0.39, 0.29) is 0 Å². The summed E-state index contributed by atoms with van der Waals surface area (Å²) in [5.74, 6) is 0. The van der Waals surface area contributed by atoms with Crippen molar-refractivity contribution in [3.63, 3.8) is 0 Å². The van der Waals surface area contributed by atoms with Crippen LogP contribution in [0.3, 0.4) is 0 Å². The molecule has 1 unspecified atom stereocenters. The monoisotopic (exact) mass is 313 g/mol. The maximum absolute atomic E-state index is 9.97. The highest BCUT2D eigenvalue weighted by molar-refractivity contribution is 9.10. The lowest BCUT2D eigenvalue weighted by molar-refractivity contribution is 0.158. The van der Waals surface area contributed by atoms with Gasteiger partial charge in [0.2, 0.25) is 0 Å². The number of hydrogen-bond donors (Lipinski definition) is 1. The Morgan fingerprint density at radius 1 is 1.11 bits per heavy atom. The zero-order valence-electron chi connectivity index (χ0n) is 11.2. The number of aliphatic hydroxyl groups excluding tert-OH is 1. The predicted molar refractivity (Wildman–Crippen MR) is 79.5 cm³/mol. The number of rotatable bonds is 9. The van der Waals surface area contributed by atoms with E-state index in [0.29, 0.717) is 0 Å². The summed E-state index contributed by atoms with van der Waals surface area (Å²) in [6.45, 7) is 2.24. The van der Waals surface area contributed by atoms with Crippen LogP contribution >= 0.6 is 15.9 Å². The van der Waals surface area contributed by atoms with E-state index in [4.69, 9.17) is 0 Å². The highest BCUT2D eigenvalue weighted by Crippen LogP contribution is 2.19. The molecule has 0 aliphatic heterocycles. The standard InChI is InChI=1S/C15H24BrNO/c1-2-3-4-5-6-7-8-9-15(18)14-11-10-13(16)12-17-14/h10-12,15,18H,2-9H2,1H3. The first kappa shape index (κ1) is 15.6. The van der Waals surface area contributed by atoms with Gasteiger partial charge in [-0.1, -0.05) is 51.9 Å². The van der Waals surface area contributed by atoms with Crippen LogP contribution in [0.25, 0.3) is 0 Å². The van der Waals surface area contributed by atoms with Crippen LogP contribution in [-0.2, 0) is 0 Å². The highest BCUT2D eigenvalue weighted by atomic mass is 79.9. The molecule has 0 spiro atoms. The van der Waals surface area contributed by atoms with Crippen LogP contribution in [0.15, 0.2) is 22.8 Å². The van der Waals surface area contributed by atoms with E-state index in [0.717, 1.165) is 23.0 Å². The molecule has 0 aliphatic carbocycles. The van der Waals surface area contributed by atoms with E-state index >= 15 is 0 Å². The first-order chi connectivity index (χ1) is 8.74. The van der Waals surface area contributed by atoms with Crippen molar-refractivity contribution in [2.24, 2.45) is 0 Å². The molecule has 0 aromatic carbocycles. The van der Waals surface area contributed by atoms with E-state index in [1.807, 2.05) is 12.1 Å². The smallest absolute Gasteiger partial charge is 0.0959 e. The lowest BCUT2D eigenvalue weighted by Crippen LogP contribution is -2.00. The minimum absolute atomic E-state index is 0.409. The van der Waals surface area contributed by atoms with Gasteiger partial charge in [0.25, 0.3) is 0 Å². The molecule has 2 nitrogen and oxygen atoms in total. The van der Waals surface area contributed by atoms with Crippen molar-refractivity contribution in [1.29, 1.82) is 0 Å². The van der Waals surface area contributed by atoms with E-state index < -0.39 is 6.10 Å². The first-order valence-electron chi connectivity index (χ1n) is 7.03. The van der Waals surface area contributed by atoms with Crippen LogP contribution in [0.4, 0.5) is 0 Å². The van der Waals surface area contributed by atoms with E-state index in [1.54, 1.807) is 6.20 Å². The van der Waals surface area contributed by atoms with E-state index in [1.165, 1.54) is 38.5 Å². The van der Waals surface area contributed by atoms with Crippen molar-refractivity contribution >= 4 is 15.9 Å². The van der Waals surface area contributed by atoms with Gasteiger partial charge in [0.15, 0.2) is 0 Å². The molecule has 3 heteroatoms. The largest absolute Gasteiger partial charge is 0.387 e. The number of unbranched alkanes of at least 4 members (excludes halogenated alkanes) is 6. The number of halogens is 1. The van der Waals surface area contributed by atoms with Crippen LogP contribution in [-0.4, -0.2) is 10.1 Å². The van der Waals surface area contributed by atoms with Gasteiger partial charge in [-0.05, 0) is 34.5 Å². The Labute approximate surface area is 119 Å². The molecule has 1 aromatic heterocycles. The quantitative estimate of drug-likeness (QED) is 0.649. The molecule has 0 amide bonds. The summed E-state index contributed by atoms with van der Waals surface area (Å²) in [7, 11) is 0. The average Bonchev–Trinajstić information content (AvgIpc) is 2.38. The topological polar surface area (TPSA) is 33.1 Å². The fourth-order valence-electron chi connectivity index (χ4n) is 2.03. The zero-order chi connectivity index (χ0) is 13.2. The molecule has 0 aliphatic rings. The van der Waals surface area contributed by atoms with Gasteiger partial charge in [0.1, 0.15) is 0 Å². The van der Waals surface area contributed by atoms with Crippen molar-refractivity contribution in [3.05, 3.63) is 28.5 Å². The van der Waals surface area contributed by atoms with Crippen LogP contribution < -0.4 is 0 Å². The Kier molecular flexibility index (Phi) is 8.27. The lowest BCUT2D eigenvalue weighted by atomic mass is 10.0. The maximum atomic E-state index is 9.97. The number of hydrogen-bond acceptors (Lipinski definition) is 2. The molecule has 102 valence electrons. The molecule has 0 fully saturated rings. The number of aliphatic hydroxyl groups is 1. The summed E-state index contributed by atoms with van der Waals surface area (Å²) in [6, 6.07) is 3.81.